The lowest BCUT2D eigenvalue weighted by atomic mass is 10.1. The Morgan fingerprint density at radius 3 is 2.56 bits per heavy atom. The lowest BCUT2D eigenvalue weighted by Gasteiger charge is -2.13. The second-order valence-electron chi connectivity index (χ2n) is 6.15. The Balaban J connectivity index is 1.98. The molecule has 0 radical (unpaired) electrons. The van der Waals surface area contributed by atoms with Crippen LogP contribution in [0, 0.1) is 0 Å². The summed E-state index contributed by atoms with van der Waals surface area (Å²) < 4.78 is 13.0. The highest BCUT2D eigenvalue weighted by Crippen LogP contribution is 2.35. The molecule has 6 heteroatoms. The fourth-order valence-electron chi connectivity index (χ4n) is 3.15. The third-order valence-corrected chi connectivity index (χ3v) is 4.50. The number of nitrogens with zero attached hydrogens (tertiary/aromatic N) is 3. The van der Waals surface area contributed by atoms with Gasteiger partial charge in [0.2, 0.25) is 0 Å². The highest BCUT2D eigenvalue weighted by atomic mass is 16.5. The lowest BCUT2D eigenvalue weighted by Crippen LogP contribution is -2.04. The smallest absolute Gasteiger partial charge is 0.162 e. The van der Waals surface area contributed by atoms with Crippen molar-refractivity contribution in [1.29, 1.82) is 0 Å². The normalized spacial score (nSPS) is 10.9. The highest BCUT2D eigenvalue weighted by Gasteiger charge is 2.19. The lowest BCUT2D eigenvalue weighted by molar-refractivity contribution is 0.404. The first-order chi connectivity index (χ1) is 13.2. The van der Waals surface area contributed by atoms with E-state index in [4.69, 9.17) is 20.2 Å². The third kappa shape index (κ3) is 3.06. The molecule has 2 aromatic heterocycles. The van der Waals surface area contributed by atoms with E-state index in [2.05, 4.69) is 21.7 Å². The summed E-state index contributed by atoms with van der Waals surface area (Å²) >= 11 is 0. The molecule has 0 bridgehead atoms. The zero-order valence-corrected chi connectivity index (χ0v) is 15.2. The average Bonchev–Trinajstić information content (AvgIpc) is 3.08. The molecule has 2 heterocycles. The molecule has 0 aliphatic heterocycles. The SMILES string of the molecule is COc1ccc(OC)c(-c2nc3c(N)ccnc3n2Cc2ccccc2)c1. The summed E-state index contributed by atoms with van der Waals surface area (Å²) in [7, 11) is 3.28. The van der Waals surface area contributed by atoms with Gasteiger partial charge in [-0.25, -0.2) is 9.97 Å². The first kappa shape index (κ1) is 16.9. The molecule has 0 saturated heterocycles. The zero-order chi connectivity index (χ0) is 18.8. The molecule has 0 unspecified atom stereocenters. The number of nitrogens with two attached hydrogens (primary N) is 1. The Morgan fingerprint density at radius 1 is 1.00 bits per heavy atom. The van der Waals surface area contributed by atoms with E-state index < -0.39 is 0 Å². The number of hydrogen-bond acceptors (Lipinski definition) is 5. The molecule has 6 nitrogen and oxygen atoms in total. The molecule has 136 valence electrons. The topological polar surface area (TPSA) is 75.2 Å². The van der Waals surface area contributed by atoms with Crippen molar-refractivity contribution in [3.05, 3.63) is 66.4 Å². The number of nitrogen functional groups attached to an aromatic ring is 1. The van der Waals surface area contributed by atoms with Gasteiger partial charge in [0.1, 0.15) is 22.8 Å². The molecule has 0 amide bonds. The van der Waals surface area contributed by atoms with Crippen LogP contribution in [-0.2, 0) is 6.54 Å². The fraction of sp³-hybridized carbons (Fsp3) is 0.143. The quantitative estimate of drug-likeness (QED) is 0.587. The van der Waals surface area contributed by atoms with Crippen molar-refractivity contribution in [2.75, 3.05) is 20.0 Å². The molecule has 2 aromatic carbocycles. The Hall–Kier alpha value is -3.54. The number of aromatic nitrogens is 3. The van der Waals surface area contributed by atoms with E-state index in [1.165, 1.54) is 0 Å². The van der Waals surface area contributed by atoms with Crippen molar-refractivity contribution >= 4 is 16.9 Å². The maximum atomic E-state index is 6.16. The summed E-state index contributed by atoms with van der Waals surface area (Å²) in [6.07, 6.45) is 1.70. The molecule has 4 rings (SSSR count). The van der Waals surface area contributed by atoms with Crippen LogP contribution < -0.4 is 15.2 Å². The molecule has 27 heavy (non-hydrogen) atoms. The molecule has 0 aliphatic carbocycles. The number of anilines is 1. The van der Waals surface area contributed by atoms with E-state index in [0.29, 0.717) is 23.5 Å². The van der Waals surface area contributed by atoms with Crippen molar-refractivity contribution in [3.8, 4) is 22.9 Å². The van der Waals surface area contributed by atoms with Crippen LogP contribution in [0.25, 0.3) is 22.6 Å². The van der Waals surface area contributed by atoms with Gasteiger partial charge in [-0.15, -0.1) is 0 Å². The summed E-state index contributed by atoms with van der Waals surface area (Å²) in [5, 5.41) is 0. The largest absolute Gasteiger partial charge is 0.497 e. The minimum absolute atomic E-state index is 0.593. The van der Waals surface area contributed by atoms with Crippen LogP contribution in [0.3, 0.4) is 0 Å². The van der Waals surface area contributed by atoms with Gasteiger partial charge in [-0.05, 0) is 29.8 Å². The standard InChI is InChI=1S/C21H20N4O2/c1-26-15-8-9-18(27-2)16(12-15)20-24-19-17(22)10-11-23-21(19)25(20)13-14-6-4-3-5-7-14/h3-12H,13H2,1-2H3,(H2,22,23). The summed E-state index contributed by atoms with van der Waals surface area (Å²) in [4.78, 5) is 9.33. The van der Waals surface area contributed by atoms with Crippen LogP contribution in [0.5, 0.6) is 11.5 Å². The minimum atomic E-state index is 0.593. The number of rotatable bonds is 5. The number of pyridine rings is 1. The summed E-state index contributed by atoms with van der Waals surface area (Å²) in [5.41, 5.74) is 10.1. The van der Waals surface area contributed by atoms with Crippen LogP contribution >= 0.6 is 0 Å². The van der Waals surface area contributed by atoms with Crippen LogP contribution in [-0.4, -0.2) is 28.8 Å². The van der Waals surface area contributed by atoms with Gasteiger partial charge < -0.3 is 19.8 Å². The van der Waals surface area contributed by atoms with Crippen molar-refractivity contribution in [2.45, 2.75) is 6.54 Å². The van der Waals surface area contributed by atoms with E-state index >= 15 is 0 Å². The molecule has 0 fully saturated rings. The van der Waals surface area contributed by atoms with Crippen LogP contribution in [0.15, 0.2) is 60.8 Å². The van der Waals surface area contributed by atoms with Gasteiger partial charge in [0, 0.05) is 6.20 Å². The highest BCUT2D eigenvalue weighted by molar-refractivity contribution is 5.88. The molecule has 0 saturated carbocycles. The maximum absolute atomic E-state index is 6.16. The monoisotopic (exact) mass is 360 g/mol. The first-order valence-electron chi connectivity index (χ1n) is 8.58. The molecule has 2 N–H and O–H groups in total. The summed E-state index contributed by atoms with van der Waals surface area (Å²) in [6, 6.07) is 17.6. The molecule has 4 aromatic rings. The van der Waals surface area contributed by atoms with Crippen molar-refractivity contribution in [2.24, 2.45) is 0 Å². The van der Waals surface area contributed by atoms with E-state index in [-0.39, 0.29) is 0 Å². The van der Waals surface area contributed by atoms with E-state index in [0.717, 1.165) is 28.3 Å². The van der Waals surface area contributed by atoms with Gasteiger partial charge >= 0.3 is 0 Å². The van der Waals surface area contributed by atoms with Crippen molar-refractivity contribution in [3.63, 3.8) is 0 Å². The third-order valence-electron chi connectivity index (χ3n) is 4.50. The van der Waals surface area contributed by atoms with Crippen LogP contribution in [0.1, 0.15) is 5.56 Å². The second kappa shape index (κ2) is 6.99. The molecule has 0 atom stereocenters. The number of imidazole rings is 1. The molecular weight excluding hydrogens is 340 g/mol. The van der Waals surface area contributed by atoms with Gasteiger partial charge in [0.15, 0.2) is 5.65 Å². The second-order valence-corrected chi connectivity index (χ2v) is 6.15. The van der Waals surface area contributed by atoms with Crippen LogP contribution in [0.4, 0.5) is 5.69 Å². The number of benzene rings is 2. The predicted octanol–water partition coefficient (Wildman–Crippen LogP) is 3.75. The minimum Gasteiger partial charge on any atom is -0.497 e. The molecular formula is C21H20N4O2. The maximum Gasteiger partial charge on any atom is 0.162 e. The summed E-state index contributed by atoms with van der Waals surface area (Å²) in [5.74, 6) is 2.17. The van der Waals surface area contributed by atoms with Gasteiger partial charge in [-0.1, -0.05) is 30.3 Å². The molecule has 0 spiro atoms. The van der Waals surface area contributed by atoms with Crippen molar-refractivity contribution in [1.82, 2.24) is 14.5 Å². The Bertz CT molecular complexity index is 1090. The van der Waals surface area contributed by atoms with E-state index in [1.54, 1.807) is 26.5 Å². The van der Waals surface area contributed by atoms with Crippen molar-refractivity contribution < 1.29 is 9.47 Å². The van der Waals surface area contributed by atoms with Gasteiger partial charge in [-0.3, -0.25) is 0 Å². The number of ether oxygens (including phenoxy) is 2. The van der Waals surface area contributed by atoms with E-state index in [1.807, 2.05) is 36.4 Å². The number of fused-ring (bicyclic) bond motifs is 1. The van der Waals surface area contributed by atoms with Gasteiger partial charge in [0.05, 0.1) is 32.0 Å². The number of methoxy groups -OCH3 is 2. The molecule has 0 aliphatic rings. The Morgan fingerprint density at radius 2 is 1.81 bits per heavy atom. The first-order valence-corrected chi connectivity index (χ1v) is 8.58. The van der Waals surface area contributed by atoms with E-state index in [9.17, 15) is 0 Å². The number of hydrogen-bond donors (Lipinski definition) is 1. The van der Waals surface area contributed by atoms with Gasteiger partial charge in [0.25, 0.3) is 0 Å². The zero-order valence-electron chi connectivity index (χ0n) is 15.2. The van der Waals surface area contributed by atoms with Crippen LogP contribution in [0.2, 0.25) is 0 Å². The Labute approximate surface area is 157 Å². The average molecular weight is 360 g/mol. The fourth-order valence-corrected chi connectivity index (χ4v) is 3.15. The predicted molar refractivity (Wildman–Crippen MR) is 106 cm³/mol. The van der Waals surface area contributed by atoms with Gasteiger partial charge in [-0.2, -0.15) is 0 Å². The summed E-state index contributed by atoms with van der Waals surface area (Å²) in [6.45, 7) is 0.615. The Kier molecular flexibility index (Phi) is 4.38.